The van der Waals surface area contributed by atoms with Gasteiger partial charge in [-0.15, -0.1) is 0 Å². The molecule has 156 valence electrons. The van der Waals surface area contributed by atoms with Crippen molar-refractivity contribution in [2.75, 3.05) is 6.54 Å². The molecule has 1 aliphatic heterocycles. The molecule has 1 aliphatic carbocycles. The van der Waals surface area contributed by atoms with E-state index in [1.165, 1.54) is 0 Å². The molecule has 3 heterocycles. The number of rotatable bonds is 5. The summed E-state index contributed by atoms with van der Waals surface area (Å²) in [6, 6.07) is 7.33. The molecule has 7 heteroatoms. The number of likely N-dealkylation sites (tertiary alicyclic amines) is 1. The summed E-state index contributed by atoms with van der Waals surface area (Å²) < 4.78 is 7.06. The highest BCUT2D eigenvalue weighted by atomic mass is 16.5. The molecule has 0 bridgehead atoms. The minimum Gasteiger partial charge on any atom is -0.361 e. The molecule has 0 radical (unpaired) electrons. The fourth-order valence-electron chi connectivity index (χ4n) is 4.52. The summed E-state index contributed by atoms with van der Waals surface area (Å²) in [5, 5.41) is 4.62. The first-order valence-corrected chi connectivity index (χ1v) is 10.7. The number of nitrogens with zero attached hydrogens (tertiary/aromatic N) is 4. The van der Waals surface area contributed by atoms with E-state index in [9.17, 15) is 9.59 Å². The monoisotopic (exact) mass is 406 g/mol. The number of hydrogen-bond acceptors (Lipinski definition) is 5. The summed E-state index contributed by atoms with van der Waals surface area (Å²) in [6.07, 6.45) is 4.29. The van der Waals surface area contributed by atoms with Crippen molar-refractivity contribution in [2.45, 2.75) is 58.5 Å². The van der Waals surface area contributed by atoms with E-state index in [-0.39, 0.29) is 23.9 Å². The van der Waals surface area contributed by atoms with Gasteiger partial charge in [-0.1, -0.05) is 17.3 Å². The topological polar surface area (TPSA) is 81.2 Å². The number of para-hydroxylation sites is 1. The van der Waals surface area contributed by atoms with Crippen LogP contribution in [0.1, 0.15) is 54.6 Å². The Hall–Kier alpha value is -2.96. The molecule has 1 saturated heterocycles. The van der Waals surface area contributed by atoms with Crippen LogP contribution in [0.25, 0.3) is 10.9 Å². The maximum absolute atomic E-state index is 13.3. The number of aryl methyl sites for hydroxylation is 2. The molecular formula is C23H26N4O3. The molecule has 0 N–H and O–H groups in total. The molecule has 1 aromatic carbocycles. The summed E-state index contributed by atoms with van der Waals surface area (Å²) in [4.78, 5) is 33.3. The third-order valence-electron chi connectivity index (χ3n) is 6.41. The summed E-state index contributed by atoms with van der Waals surface area (Å²) >= 11 is 0. The number of hydrogen-bond donors (Lipinski definition) is 0. The maximum atomic E-state index is 13.3. The van der Waals surface area contributed by atoms with Crippen molar-refractivity contribution in [1.29, 1.82) is 0 Å². The Morgan fingerprint density at radius 1 is 1.20 bits per heavy atom. The van der Waals surface area contributed by atoms with Gasteiger partial charge in [0.05, 0.1) is 29.1 Å². The summed E-state index contributed by atoms with van der Waals surface area (Å²) in [7, 11) is 0. The maximum Gasteiger partial charge on any atom is 0.261 e. The second-order valence-electron chi connectivity index (χ2n) is 8.57. The van der Waals surface area contributed by atoms with Gasteiger partial charge in [-0.2, -0.15) is 0 Å². The number of benzene rings is 1. The molecule has 5 rings (SSSR count). The SMILES string of the molecule is Cc1noc(C)c1CC(=O)N1CCCC1c1nc2ccccc2c(=O)n1CC1CC1. The lowest BCUT2D eigenvalue weighted by Crippen LogP contribution is -2.36. The van der Waals surface area contributed by atoms with Gasteiger partial charge in [-0.3, -0.25) is 14.2 Å². The number of fused-ring (bicyclic) bond motifs is 1. The second kappa shape index (κ2) is 7.38. The van der Waals surface area contributed by atoms with Crippen molar-refractivity contribution in [2.24, 2.45) is 5.92 Å². The fourth-order valence-corrected chi connectivity index (χ4v) is 4.52. The van der Waals surface area contributed by atoms with E-state index in [4.69, 9.17) is 9.51 Å². The Kier molecular flexibility index (Phi) is 4.68. The highest BCUT2D eigenvalue weighted by molar-refractivity contribution is 5.80. The van der Waals surface area contributed by atoms with Crippen molar-refractivity contribution in [3.63, 3.8) is 0 Å². The van der Waals surface area contributed by atoms with Gasteiger partial charge in [0, 0.05) is 18.7 Å². The predicted octanol–water partition coefficient (Wildman–Crippen LogP) is 3.32. The van der Waals surface area contributed by atoms with Crippen LogP contribution >= 0.6 is 0 Å². The number of carbonyl (C=O) groups is 1. The molecule has 1 saturated carbocycles. The summed E-state index contributed by atoms with van der Waals surface area (Å²) in [5.41, 5.74) is 2.32. The molecule has 1 atom stereocenters. The van der Waals surface area contributed by atoms with E-state index in [1.807, 2.05) is 47.6 Å². The largest absolute Gasteiger partial charge is 0.361 e. The molecule has 1 amide bonds. The molecule has 1 unspecified atom stereocenters. The van der Waals surface area contributed by atoms with Crippen molar-refractivity contribution in [1.82, 2.24) is 19.6 Å². The van der Waals surface area contributed by atoms with Gasteiger partial charge in [0.15, 0.2) is 0 Å². The van der Waals surface area contributed by atoms with Crippen LogP contribution in [-0.2, 0) is 17.8 Å². The van der Waals surface area contributed by atoms with Crippen LogP contribution in [-0.4, -0.2) is 32.1 Å². The van der Waals surface area contributed by atoms with E-state index >= 15 is 0 Å². The average molecular weight is 406 g/mol. The Balaban J connectivity index is 1.53. The standard InChI is InChI=1S/C23H26N4O3/c1-14-18(15(2)30-25-14)12-21(28)26-11-5-8-20(26)22-24-19-7-4-3-6-17(19)23(29)27(22)13-16-9-10-16/h3-4,6-7,16,20H,5,8-13H2,1-2H3. The van der Waals surface area contributed by atoms with Gasteiger partial charge in [0.2, 0.25) is 5.91 Å². The zero-order valence-electron chi connectivity index (χ0n) is 17.4. The Morgan fingerprint density at radius 3 is 2.73 bits per heavy atom. The Morgan fingerprint density at radius 2 is 2.00 bits per heavy atom. The number of aromatic nitrogens is 3. The highest BCUT2D eigenvalue weighted by Crippen LogP contribution is 2.35. The molecule has 2 fully saturated rings. The average Bonchev–Trinajstić information content (AvgIpc) is 3.34. The van der Waals surface area contributed by atoms with Gasteiger partial charge >= 0.3 is 0 Å². The summed E-state index contributed by atoms with van der Waals surface area (Å²) in [5.74, 6) is 1.99. The van der Waals surface area contributed by atoms with Crippen LogP contribution in [0.2, 0.25) is 0 Å². The van der Waals surface area contributed by atoms with Crippen molar-refractivity contribution < 1.29 is 9.32 Å². The lowest BCUT2D eigenvalue weighted by molar-refractivity contribution is -0.131. The van der Waals surface area contributed by atoms with Crippen LogP contribution in [0.4, 0.5) is 0 Å². The van der Waals surface area contributed by atoms with Crippen LogP contribution in [0.3, 0.4) is 0 Å². The van der Waals surface area contributed by atoms with Crippen molar-refractivity contribution in [3.8, 4) is 0 Å². The van der Waals surface area contributed by atoms with Gasteiger partial charge in [0.1, 0.15) is 11.6 Å². The highest BCUT2D eigenvalue weighted by Gasteiger charge is 2.35. The fraction of sp³-hybridized carbons (Fsp3) is 0.478. The molecular weight excluding hydrogens is 380 g/mol. The first-order chi connectivity index (χ1) is 14.5. The van der Waals surface area contributed by atoms with E-state index in [1.54, 1.807) is 0 Å². The number of carbonyl (C=O) groups excluding carboxylic acids is 1. The van der Waals surface area contributed by atoms with Crippen LogP contribution in [0.15, 0.2) is 33.6 Å². The van der Waals surface area contributed by atoms with E-state index in [0.29, 0.717) is 35.7 Å². The molecule has 30 heavy (non-hydrogen) atoms. The second-order valence-corrected chi connectivity index (χ2v) is 8.57. The smallest absolute Gasteiger partial charge is 0.261 e. The molecule has 0 spiro atoms. The first kappa shape index (κ1) is 19.0. The minimum absolute atomic E-state index is 0.00697. The van der Waals surface area contributed by atoms with Gasteiger partial charge in [0.25, 0.3) is 5.56 Å². The minimum atomic E-state index is -0.172. The van der Waals surface area contributed by atoms with Crippen molar-refractivity contribution in [3.05, 3.63) is 57.5 Å². The Labute approximate surface area is 174 Å². The quantitative estimate of drug-likeness (QED) is 0.649. The zero-order valence-corrected chi connectivity index (χ0v) is 17.4. The third-order valence-corrected chi connectivity index (χ3v) is 6.41. The van der Waals surface area contributed by atoms with E-state index < -0.39 is 0 Å². The lowest BCUT2D eigenvalue weighted by Gasteiger charge is -2.27. The summed E-state index contributed by atoms with van der Waals surface area (Å²) in [6.45, 7) is 5.06. The van der Waals surface area contributed by atoms with Crippen LogP contribution in [0, 0.1) is 19.8 Å². The van der Waals surface area contributed by atoms with Crippen LogP contribution < -0.4 is 5.56 Å². The van der Waals surface area contributed by atoms with E-state index in [2.05, 4.69) is 5.16 Å². The van der Waals surface area contributed by atoms with Crippen molar-refractivity contribution >= 4 is 16.8 Å². The lowest BCUT2D eigenvalue weighted by atomic mass is 10.1. The van der Waals surface area contributed by atoms with E-state index in [0.717, 1.165) is 42.8 Å². The normalized spacial score (nSPS) is 19.0. The predicted molar refractivity (Wildman–Crippen MR) is 112 cm³/mol. The molecule has 3 aromatic rings. The van der Waals surface area contributed by atoms with Crippen LogP contribution in [0.5, 0.6) is 0 Å². The first-order valence-electron chi connectivity index (χ1n) is 10.7. The van der Waals surface area contributed by atoms with Gasteiger partial charge in [-0.25, -0.2) is 4.98 Å². The zero-order chi connectivity index (χ0) is 20.8. The molecule has 2 aromatic heterocycles. The Bertz CT molecular complexity index is 1160. The molecule has 7 nitrogen and oxygen atoms in total. The third kappa shape index (κ3) is 3.32. The number of amides is 1. The van der Waals surface area contributed by atoms with Gasteiger partial charge in [-0.05, 0) is 57.6 Å². The molecule has 2 aliphatic rings. The van der Waals surface area contributed by atoms with Gasteiger partial charge < -0.3 is 9.42 Å².